The average molecular weight is 290 g/mol. The second-order valence-corrected chi connectivity index (χ2v) is 6.39. The Morgan fingerprint density at radius 2 is 1.81 bits per heavy atom. The van der Waals surface area contributed by atoms with Gasteiger partial charge in [-0.15, -0.1) is 0 Å². The third-order valence-corrected chi connectivity index (χ3v) is 4.33. The number of hydrogen-bond acceptors (Lipinski definition) is 2. The van der Waals surface area contributed by atoms with E-state index in [1.807, 2.05) is 6.92 Å². The Hall–Kier alpha value is -1.55. The van der Waals surface area contributed by atoms with E-state index < -0.39 is 5.54 Å². The quantitative estimate of drug-likeness (QED) is 0.798. The van der Waals surface area contributed by atoms with Crippen LogP contribution in [-0.4, -0.2) is 23.3 Å². The molecule has 21 heavy (non-hydrogen) atoms. The molecule has 1 saturated carbocycles. The Bertz CT molecular complexity index is 487. The Morgan fingerprint density at radius 3 is 2.33 bits per heavy atom. The maximum absolute atomic E-state index is 12.2. The standard InChI is InChI=1S/C17H26N2O2/c1-12-8-13(2)10-15(9-12)14(3)18-16(21)19-17(11-20)6-4-5-7-17/h8-10,14,20H,4-7,11H2,1-3H3,(H2,18,19,21). The zero-order valence-electron chi connectivity index (χ0n) is 13.2. The van der Waals surface area contributed by atoms with E-state index in [4.69, 9.17) is 0 Å². The van der Waals surface area contributed by atoms with Crippen LogP contribution in [0.25, 0.3) is 0 Å². The number of benzene rings is 1. The van der Waals surface area contributed by atoms with Gasteiger partial charge in [0.15, 0.2) is 0 Å². The number of hydrogen-bond donors (Lipinski definition) is 3. The molecule has 0 spiro atoms. The second-order valence-electron chi connectivity index (χ2n) is 6.39. The Kier molecular flexibility index (Phi) is 4.88. The monoisotopic (exact) mass is 290 g/mol. The summed E-state index contributed by atoms with van der Waals surface area (Å²) in [5.41, 5.74) is 3.07. The summed E-state index contributed by atoms with van der Waals surface area (Å²) in [5, 5.41) is 15.5. The fourth-order valence-corrected chi connectivity index (χ4v) is 3.19. The van der Waals surface area contributed by atoms with Gasteiger partial charge in [-0.1, -0.05) is 42.2 Å². The molecule has 1 aromatic carbocycles. The third-order valence-electron chi connectivity index (χ3n) is 4.33. The zero-order valence-corrected chi connectivity index (χ0v) is 13.2. The van der Waals surface area contributed by atoms with Crippen LogP contribution in [-0.2, 0) is 0 Å². The molecular weight excluding hydrogens is 264 g/mol. The molecule has 4 nitrogen and oxygen atoms in total. The van der Waals surface area contributed by atoms with Crippen LogP contribution in [0.3, 0.4) is 0 Å². The molecule has 0 aromatic heterocycles. The van der Waals surface area contributed by atoms with Gasteiger partial charge >= 0.3 is 6.03 Å². The maximum Gasteiger partial charge on any atom is 0.315 e. The van der Waals surface area contributed by atoms with E-state index >= 15 is 0 Å². The van der Waals surface area contributed by atoms with Crippen LogP contribution in [0.2, 0.25) is 0 Å². The van der Waals surface area contributed by atoms with Gasteiger partial charge in [-0.25, -0.2) is 4.79 Å². The Balaban J connectivity index is 1.98. The highest BCUT2D eigenvalue weighted by Gasteiger charge is 2.34. The van der Waals surface area contributed by atoms with Gasteiger partial charge in [0.1, 0.15) is 0 Å². The number of aliphatic hydroxyl groups is 1. The Labute approximate surface area is 126 Å². The minimum absolute atomic E-state index is 0.0123. The first-order chi connectivity index (χ1) is 9.94. The number of rotatable bonds is 4. The van der Waals surface area contributed by atoms with Crippen LogP contribution in [0.4, 0.5) is 4.79 Å². The molecule has 3 N–H and O–H groups in total. The molecule has 116 valence electrons. The molecule has 0 aliphatic heterocycles. The van der Waals surface area contributed by atoms with Crippen molar-refractivity contribution in [1.82, 2.24) is 10.6 Å². The summed E-state index contributed by atoms with van der Waals surface area (Å²) >= 11 is 0. The van der Waals surface area contributed by atoms with Gasteiger partial charge in [-0.2, -0.15) is 0 Å². The number of urea groups is 1. The average Bonchev–Trinajstić information content (AvgIpc) is 2.86. The molecule has 0 saturated heterocycles. The molecular formula is C17H26N2O2. The molecule has 0 heterocycles. The van der Waals surface area contributed by atoms with Crippen molar-refractivity contribution in [1.29, 1.82) is 0 Å². The molecule has 1 unspecified atom stereocenters. The van der Waals surface area contributed by atoms with Gasteiger partial charge in [-0.05, 0) is 39.2 Å². The van der Waals surface area contributed by atoms with Gasteiger partial charge in [-0.3, -0.25) is 0 Å². The van der Waals surface area contributed by atoms with Crippen molar-refractivity contribution in [2.45, 2.75) is 58.0 Å². The minimum Gasteiger partial charge on any atom is -0.394 e. The van der Waals surface area contributed by atoms with Gasteiger partial charge in [0, 0.05) is 0 Å². The van der Waals surface area contributed by atoms with E-state index in [1.165, 1.54) is 11.1 Å². The first kappa shape index (κ1) is 15.8. The number of aliphatic hydroxyl groups excluding tert-OH is 1. The van der Waals surface area contributed by atoms with E-state index in [9.17, 15) is 9.90 Å². The normalized spacial score (nSPS) is 18.3. The fraction of sp³-hybridized carbons (Fsp3) is 0.588. The summed E-state index contributed by atoms with van der Waals surface area (Å²) < 4.78 is 0. The topological polar surface area (TPSA) is 61.4 Å². The smallest absolute Gasteiger partial charge is 0.315 e. The lowest BCUT2D eigenvalue weighted by Crippen LogP contribution is -2.53. The van der Waals surface area contributed by atoms with Crippen LogP contribution >= 0.6 is 0 Å². The van der Waals surface area contributed by atoms with Gasteiger partial charge < -0.3 is 15.7 Å². The lowest BCUT2D eigenvalue weighted by Gasteiger charge is -2.29. The van der Waals surface area contributed by atoms with Gasteiger partial charge in [0.2, 0.25) is 0 Å². The predicted octanol–water partition coefficient (Wildman–Crippen LogP) is 2.97. The van der Waals surface area contributed by atoms with Crippen molar-refractivity contribution in [3.05, 3.63) is 34.9 Å². The van der Waals surface area contributed by atoms with Crippen molar-refractivity contribution in [3.63, 3.8) is 0 Å². The molecule has 1 aromatic rings. The second kappa shape index (κ2) is 6.48. The molecule has 0 bridgehead atoms. The van der Waals surface area contributed by atoms with Crippen molar-refractivity contribution in [2.75, 3.05) is 6.61 Å². The molecule has 1 aliphatic carbocycles. The number of carbonyl (C=O) groups is 1. The van der Waals surface area contributed by atoms with Crippen LogP contribution in [0, 0.1) is 13.8 Å². The summed E-state index contributed by atoms with van der Waals surface area (Å²) in [6.07, 6.45) is 3.84. The number of amides is 2. The summed E-state index contributed by atoms with van der Waals surface area (Å²) in [6, 6.07) is 6.05. The van der Waals surface area contributed by atoms with Crippen molar-refractivity contribution in [3.8, 4) is 0 Å². The molecule has 1 fully saturated rings. The summed E-state index contributed by atoms with van der Waals surface area (Å²) in [7, 11) is 0. The number of nitrogens with one attached hydrogen (secondary N) is 2. The first-order valence-corrected chi connectivity index (χ1v) is 7.72. The van der Waals surface area contributed by atoms with Crippen molar-refractivity contribution < 1.29 is 9.90 Å². The first-order valence-electron chi connectivity index (χ1n) is 7.72. The maximum atomic E-state index is 12.2. The van der Waals surface area contributed by atoms with Crippen LogP contribution in [0.1, 0.15) is 55.3 Å². The lowest BCUT2D eigenvalue weighted by molar-refractivity contribution is 0.162. The highest BCUT2D eigenvalue weighted by atomic mass is 16.3. The van der Waals surface area contributed by atoms with Gasteiger partial charge in [0.25, 0.3) is 0 Å². The zero-order chi connectivity index (χ0) is 15.5. The van der Waals surface area contributed by atoms with Crippen LogP contribution in [0.15, 0.2) is 18.2 Å². The predicted molar refractivity (Wildman–Crippen MR) is 84.3 cm³/mol. The Morgan fingerprint density at radius 1 is 1.24 bits per heavy atom. The SMILES string of the molecule is Cc1cc(C)cc(C(C)NC(=O)NC2(CO)CCCC2)c1. The molecule has 2 amide bonds. The van der Waals surface area contributed by atoms with Gasteiger partial charge in [0.05, 0.1) is 18.2 Å². The largest absolute Gasteiger partial charge is 0.394 e. The van der Waals surface area contributed by atoms with Crippen molar-refractivity contribution >= 4 is 6.03 Å². The van der Waals surface area contributed by atoms with E-state index in [0.717, 1.165) is 31.2 Å². The van der Waals surface area contributed by atoms with E-state index in [1.54, 1.807) is 0 Å². The summed E-state index contributed by atoms with van der Waals surface area (Å²) in [4.78, 5) is 12.2. The van der Waals surface area contributed by atoms with E-state index in [2.05, 4.69) is 42.7 Å². The minimum atomic E-state index is -0.424. The molecule has 2 rings (SSSR count). The van der Waals surface area contributed by atoms with Crippen LogP contribution in [0.5, 0.6) is 0 Å². The molecule has 0 radical (unpaired) electrons. The summed E-state index contributed by atoms with van der Waals surface area (Å²) in [6.45, 7) is 6.11. The highest BCUT2D eigenvalue weighted by Crippen LogP contribution is 2.29. The molecule has 4 heteroatoms. The third kappa shape index (κ3) is 3.97. The number of aryl methyl sites for hydroxylation is 2. The molecule has 1 atom stereocenters. The highest BCUT2D eigenvalue weighted by molar-refractivity contribution is 5.75. The lowest BCUT2D eigenvalue weighted by atomic mass is 9.99. The fourth-order valence-electron chi connectivity index (χ4n) is 3.19. The number of carbonyl (C=O) groups excluding carboxylic acids is 1. The summed E-state index contributed by atoms with van der Waals surface area (Å²) in [5.74, 6) is 0. The van der Waals surface area contributed by atoms with Crippen molar-refractivity contribution in [2.24, 2.45) is 0 Å². The van der Waals surface area contributed by atoms with Crippen LogP contribution < -0.4 is 10.6 Å². The molecule has 1 aliphatic rings. The van der Waals surface area contributed by atoms with E-state index in [0.29, 0.717) is 0 Å². The van der Waals surface area contributed by atoms with E-state index in [-0.39, 0.29) is 18.7 Å².